The Morgan fingerprint density at radius 1 is 0.774 bits per heavy atom. The maximum atomic E-state index is 13.5. The number of nitro benzene ring substituents is 3. The molecule has 1 aliphatic heterocycles. The van der Waals surface area contributed by atoms with Crippen LogP contribution in [0.25, 0.3) is 11.2 Å². The molecule has 1 aliphatic rings. The molecule has 0 spiro atoms. The van der Waals surface area contributed by atoms with Gasteiger partial charge in [0.1, 0.15) is 23.9 Å². The Morgan fingerprint density at radius 2 is 1.23 bits per heavy atom. The number of esters is 3. The molecule has 270 valence electrons. The van der Waals surface area contributed by atoms with Gasteiger partial charge in [-0.25, -0.2) is 24.4 Å². The van der Waals surface area contributed by atoms with Gasteiger partial charge in [0.2, 0.25) is 0 Å². The molecule has 3 aromatic carbocycles. The summed E-state index contributed by atoms with van der Waals surface area (Å²) in [4.78, 5) is 82.5. The van der Waals surface area contributed by atoms with E-state index in [0.717, 1.165) is 72.8 Å². The number of ether oxygens (including phenoxy) is 4. The minimum atomic E-state index is -1.58. The summed E-state index contributed by atoms with van der Waals surface area (Å²) in [5.41, 5.74) is 4.97. The van der Waals surface area contributed by atoms with Crippen LogP contribution >= 0.6 is 12.2 Å². The van der Waals surface area contributed by atoms with Gasteiger partial charge in [-0.3, -0.25) is 34.9 Å². The van der Waals surface area contributed by atoms with Crippen molar-refractivity contribution in [2.45, 2.75) is 24.5 Å². The lowest BCUT2D eigenvalue weighted by Gasteiger charge is -2.25. The quantitative estimate of drug-likeness (QED) is 0.0634. The average molecular weight is 747 g/mol. The Morgan fingerprint density at radius 3 is 1.70 bits per heavy atom. The van der Waals surface area contributed by atoms with Crippen LogP contribution in [0.2, 0.25) is 0 Å². The summed E-state index contributed by atoms with van der Waals surface area (Å²) in [7, 11) is 0. The van der Waals surface area contributed by atoms with E-state index < -0.39 is 63.8 Å². The van der Waals surface area contributed by atoms with E-state index in [1.54, 1.807) is 0 Å². The van der Waals surface area contributed by atoms with Gasteiger partial charge >= 0.3 is 17.9 Å². The number of hydrogen-bond acceptors (Lipinski definition) is 17. The van der Waals surface area contributed by atoms with Crippen molar-refractivity contribution >= 4 is 64.3 Å². The molecule has 0 unspecified atom stereocenters. The van der Waals surface area contributed by atoms with Gasteiger partial charge in [0.05, 0.1) is 37.8 Å². The summed E-state index contributed by atoms with van der Waals surface area (Å²) in [6.45, 7) is -0.636. The van der Waals surface area contributed by atoms with Crippen LogP contribution in [0.3, 0.4) is 0 Å². The number of fused-ring (bicyclic) bond motifs is 1. The summed E-state index contributed by atoms with van der Waals surface area (Å²) < 4.78 is 24.7. The van der Waals surface area contributed by atoms with Gasteiger partial charge in [0, 0.05) is 36.4 Å². The van der Waals surface area contributed by atoms with Crippen molar-refractivity contribution in [1.82, 2.24) is 19.5 Å². The zero-order valence-electron chi connectivity index (χ0n) is 26.5. The fourth-order valence-electron chi connectivity index (χ4n) is 5.26. The largest absolute Gasteiger partial charge is 0.459 e. The average Bonchev–Trinajstić information content (AvgIpc) is 3.71. The van der Waals surface area contributed by atoms with Gasteiger partial charge in [-0.2, -0.15) is 0 Å². The second kappa shape index (κ2) is 14.6. The molecule has 22 heteroatoms. The van der Waals surface area contributed by atoms with Crippen molar-refractivity contribution in [3.63, 3.8) is 0 Å². The van der Waals surface area contributed by atoms with Crippen molar-refractivity contribution in [1.29, 1.82) is 0 Å². The standard InChI is InChI=1S/C31H22N8O13S/c32-31-34-25-22(26(53)35-31)33-14-36(25)27-24(52-30(42)17-5-11-20(12-6-17)39(47)48)23(51-29(41)16-3-9-19(10-4-16)38(45)46)21(50-27)13-49-28(40)15-1-7-18(8-2-15)37(43)44/h1-12,14,21,23-24,27H,13H2,(H3,32,34,35,53)/t21-,23-,24-,27-/m1/s1. The summed E-state index contributed by atoms with van der Waals surface area (Å²) in [6.07, 6.45) is -4.70. The number of nitrogens with zero attached hydrogens (tertiary/aromatic N) is 6. The number of nitrogens with two attached hydrogens (primary N) is 1. The summed E-state index contributed by atoms with van der Waals surface area (Å²) in [6, 6.07) is 13.4. The van der Waals surface area contributed by atoms with E-state index in [2.05, 4.69) is 15.0 Å². The van der Waals surface area contributed by atoms with E-state index in [0.29, 0.717) is 0 Å². The SMILES string of the molecule is Nc1nc(=S)c2ncn([C@@H]3O[C@H](COC(=O)c4ccc([N+](=O)[O-])cc4)[C@@H](OC(=O)c4ccc([N+](=O)[O-])cc4)[C@H]3OC(=O)c3ccc([N+](=O)[O-])cc3)c2[nH]1. The Balaban J connectivity index is 1.38. The molecule has 0 radical (unpaired) electrons. The number of anilines is 1. The molecule has 0 bridgehead atoms. The molecule has 4 atom stereocenters. The first-order valence-corrected chi connectivity index (χ1v) is 15.4. The van der Waals surface area contributed by atoms with Crippen molar-refractivity contribution in [2.75, 3.05) is 12.3 Å². The zero-order valence-corrected chi connectivity index (χ0v) is 27.3. The van der Waals surface area contributed by atoms with Crippen LogP contribution in [-0.4, -0.2) is 77.1 Å². The lowest BCUT2D eigenvalue weighted by atomic mass is 10.1. The molecule has 0 aliphatic carbocycles. The number of aromatic amines is 1. The minimum absolute atomic E-state index is 0.00199. The Hall–Kier alpha value is -7.20. The number of benzene rings is 3. The second-order valence-electron chi connectivity index (χ2n) is 11.1. The van der Waals surface area contributed by atoms with Gasteiger partial charge in [0.25, 0.3) is 17.1 Å². The number of non-ortho nitro benzene ring substituents is 3. The molecule has 5 aromatic rings. The zero-order chi connectivity index (χ0) is 38.0. The number of nitrogens with one attached hydrogen (secondary N) is 1. The minimum Gasteiger partial charge on any atom is -0.459 e. The molecule has 6 rings (SSSR count). The van der Waals surface area contributed by atoms with E-state index in [1.807, 2.05) is 0 Å². The monoisotopic (exact) mass is 746 g/mol. The molecule has 2 aromatic heterocycles. The highest BCUT2D eigenvalue weighted by atomic mass is 32.1. The molecule has 1 fully saturated rings. The maximum absolute atomic E-state index is 13.5. The highest BCUT2D eigenvalue weighted by Crippen LogP contribution is 2.37. The number of rotatable bonds is 11. The Kier molecular flexibility index (Phi) is 9.79. The van der Waals surface area contributed by atoms with Gasteiger partial charge < -0.3 is 29.7 Å². The maximum Gasteiger partial charge on any atom is 0.338 e. The van der Waals surface area contributed by atoms with Gasteiger partial charge in [0.15, 0.2) is 29.0 Å². The molecular formula is C31H22N8O13S. The van der Waals surface area contributed by atoms with Gasteiger partial charge in [-0.1, -0.05) is 12.2 Å². The number of nitrogen functional groups attached to an aromatic ring is 1. The predicted molar refractivity (Wildman–Crippen MR) is 179 cm³/mol. The molecule has 21 nitrogen and oxygen atoms in total. The second-order valence-corrected chi connectivity index (χ2v) is 11.5. The number of carbonyl (C=O) groups is 3. The topological polar surface area (TPSA) is 290 Å². The van der Waals surface area contributed by atoms with E-state index in [1.165, 1.54) is 10.9 Å². The van der Waals surface area contributed by atoms with Gasteiger partial charge in [-0.15, -0.1) is 0 Å². The van der Waals surface area contributed by atoms with E-state index in [-0.39, 0.29) is 55.5 Å². The highest BCUT2D eigenvalue weighted by Gasteiger charge is 2.52. The number of hydrogen-bond donors (Lipinski definition) is 2. The van der Waals surface area contributed by atoms with Crippen molar-refractivity contribution in [2.24, 2.45) is 0 Å². The van der Waals surface area contributed by atoms with Gasteiger partial charge in [-0.05, 0) is 36.4 Å². The van der Waals surface area contributed by atoms with Crippen LogP contribution in [0.1, 0.15) is 37.3 Å². The van der Waals surface area contributed by atoms with Crippen molar-refractivity contribution in [3.05, 3.63) is 131 Å². The molecule has 53 heavy (non-hydrogen) atoms. The third kappa shape index (κ3) is 7.47. The van der Waals surface area contributed by atoms with E-state index in [4.69, 9.17) is 36.9 Å². The smallest absolute Gasteiger partial charge is 0.338 e. The summed E-state index contributed by atoms with van der Waals surface area (Å²) >= 11 is 5.28. The Labute approximate surface area is 299 Å². The highest BCUT2D eigenvalue weighted by molar-refractivity contribution is 7.71. The number of imidazole rings is 1. The van der Waals surface area contributed by atoms with E-state index >= 15 is 0 Å². The first kappa shape index (κ1) is 35.6. The lowest BCUT2D eigenvalue weighted by molar-refractivity contribution is -0.385. The predicted octanol–water partition coefficient (Wildman–Crippen LogP) is 4.00. The molecule has 1 saturated heterocycles. The van der Waals surface area contributed by atoms with E-state index in [9.17, 15) is 44.7 Å². The number of H-pyrrole nitrogens is 1. The number of nitro groups is 3. The van der Waals surface area contributed by atoms with Crippen LogP contribution in [0.15, 0.2) is 79.1 Å². The van der Waals surface area contributed by atoms with Crippen molar-refractivity contribution < 1.29 is 48.1 Å². The molecule has 3 heterocycles. The van der Waals surface area contributed by atoms with Crippen LogP contribution in [0, 0.1) is 35.0 Å². The fourth-order valence-corrected chi connectivity index (χ4v) is 5.51. The van der Waals surface area contributed by atoms with Crippen LogP contribution < -0.4 is 5.73 Å². The molecule has 0 saturated carbocycles. The third-order valence-electron chi connectivity index (χ3n) is 7.83. The van der Waals surface area contributed by atoms with Crippen molar-refractivity contribution in [3.8, 4) is 0 Å². The summed E-state index contributed by atoms with van der Waals surface area (Å²) in [5.74, 6) is -3.13. The first-order valence-electron chi connectivity index (χ1n) is 15.0. The van der Waals surface area contributed by atoms with Crippen LogP contribution in [0.4, 0.5) is 23.0 Å². The van der Waals surface area contributed by atoms with Crippen LogP contribution in [0.5, 0.6) is 0 Å². The first-order chi connectivity index (χ1) is 25.3. The Bertz CT molecular complexity index is 2330. The molecule has 0 amide bonds. The normalized spacial score (nSPS) is 17.9. The number of carbonyl (C=O) groups excluding carboxylic acids is 3. The molecule has 3 N–H and O–H groups in total. The third-order valence-corrected chi connectivity index (χ3v) is 8.12. The fraction of sp³-hybridized carbons (Fsp3) is 0.161. The lowest BCUT2D eigenvalue weighted by Crippen LogP contribution is -2.41. The number of aromatic nitrogens is 4. The molecular weight excluding hydrogens is 724 g/mol. The van der Waals surface area contributed by atoms with Crippen LogP contribution in [-0.2, 0) is 18.9 Å². The summed E-state index contributed by atoms with van der Waals surface area (Å²) in [5, 5.41) is 33.4.